The van der Waals surface area contributed by atoms with E-state index in [0.29, 0.717) is 5.56 Å². The van der Waals surface area contributed by atoms with Crippen molar-refractivity contribution in [1.29, 1.82) is 5.26 Å². The predicted molar refractivity (Wildman–Crippen MR) is 154 cm³/mol. The average molecular weight is 482 g/mol. The SMILES string of the molecule is CC.CCC/C(CCCc1ccc(C2=CCCC=C2)cc1CC)=C(/C)Cc1ccccc1C(=O)C#N. The van der Waals surface area contributed by atoms with Crippen LogP contribution in [0.3, 0.4) is 0 Å². The Hall–Kier alpha value is -3.18. The van der Waals surface area contributed by atoms with Crippen LogP contribution >= 0.6 is 0 Å². The largest absolute Gasteiger partial charge is 0.277 e. The highest BCUT2D eigenvalue weighted by Gasteiger charge is 2.13. The number of hydrogen-bond acceptors (Lipinski definition) is 2. The molecular formula is C34H43NO. The number of ketones is 1. The van der Waals surface area contributed by atoms with Gasteiger partial charge in [-0.05, 0) is 92.2 Å². The molecule has 3 rings (SSSR count). The van der Waals surface area contributed by atoms with Gasteiger partial charge < -0.3 is 0 Å². The molecule has 0 fully saturated rings. The lowest BCUT2D eigenvalue weighted by atomic mass is 9.90. The van der Waals surface area contributed by atoms with Gasteiger partial charge in [0.05, 0.1) is 0 Å². The van der Waals surface area contributed by atoms with Crippen molar-refractivity contribution in [3.63, 3.8) is 0 Å². The van der Waals surface area contributed by atoms with E-state index in [-0.39, 0.29) is 0 Å². The van der Waals surface area contributed by atoms with E-state index < -0.39 is 5.78 Å². The Bertz CT molecular complexity index is 1140. The minimum atomic E-state index is -0.449. The second-order valence-electron chi connectivity index (χ2n) is 9.24. The maximum absolute atomic E-state index is 12.0. The molecule has 2 aromatic rings. The van der Waals surface area contributed by atoms with Gasteiger partial charge in [0, 0.05) is 5.56 Å². The number of rotatable bonds is 11. The van der Waals surface area contributed by atoms with E-state index in [4.69, 9.17) is 5.26 Å². The van der Waals surface area contributed by atoms with Crippen molar-refractivity contribution in [2.75, 3.05) is 0 Å². The number of nitrogens with zero attached hydrogens (tertiary/aromatic N) is 1. The zero-order chi connectivity index (χ0) is 26.3. The first-order chi connectivity index (χ1) is 17.6. The van der Waals surface area contributed by atoms with E-state index in [0.717, 1.165) is 63.4 Å². The first kappa shape index (κ1) is 29.1. The monoisotopic (exact) mass is 481 g/mol. The third-order valence-corrected chi connectivity index (χ3v) is 6.81. The van der Waals surface area contributed by atoms with E-state index >= 15 is 0 Å². The highest BCUT2D eigenvalue weighted by atomic mass is 16.1. The summed E-state index contributed by atoms with van der Waals surface area (Å²) in [7, 11) is 0. The van der Waals surface area contributed by atoms with Crippen LogP contribution in [-0.2, 0) is 19.3 Å². The molecule has 2 heteroatoms. The second-order valence-corrected chi connectivity index (χ2v) is 9.24. The fourth-order valence-corrected chi connectivity index (χ4v) is 4.92. The standard InChI is InChI=1S/C32H37NO.C2H6/c1-4-12-26(24(3)21-30-15-9-10-18-31(30)32(34)23-33)16-11-17-28-19-20-29(22-25(28)5-2)27-13-7-6-8-14-27;1-2/h7,9-10,13-15,18-20,22H,4-6,8,11-12,16-17,21H2,1-3H3;1-2H3/b26-24+;. The molecule has 0 saturated carbocycles. The Kier molecular flexibility index (Phi) is 12.7. The molecule has 2 nitrogen and oxygen atoms in total. The number of hydrogen-bond donors (Lipinski definition) is 0. The normalized spacial score (nSPS) is 13.2. The lowest BCUT2D eigenvalue weighted by Crippen LogP contribution is -2.03. The molecule has 0 N–H and O–H groups in total. The molecule has 0 atom stereocenters. The molecule has 0 aliphatic heterocycles. The molecule has 0 bridgehead atoms. The number of benzene rings is 2. The highest BCUT2D eigenvalue weighted by molar-refractivity contribution is 6.08. The van der Waals surface area contributed by atoms with Crippen molar-refractivity contribution >= 4 is 11.4 Å². The quantitative estimate of drug-likeness (QED) is 0.182. The molecule has 0 heterocycles. The van der Waals surface area contributed by atoms with Gasteiger partial charge in [-0.3, -0.25) is 4.79 Å². The Balaban J connectivity index is 0.00000222. The molecule has 0 unspecified atom stereocenters. The number of allylic oxidation sites excluding steroid dienone is 6. The van der Waals surface area contributed by atoms with Crippen molar-refractivity contribution in [2.24, 2.45) is 0 Å². The van der Waals surface area contributed by atoms with Crippen LogP contribution in [0.4, 0.5) is 0 Å². The number of aryl methyl sites for hydroxylation is 2. The molecule has 1 aliphatic rings. The van der Waals surface area contributed by atoms with E-state index in [1.165, 1.54) is 33.4 Å². The van der Waals surface area contributed by atoms with Crippen LogP contribution in [-0.4, -0.2) is 5.78 Å². The van der Waals surface area contributed by atoms with Crippen molar-refractivity contribution < 1.29 is 4.79 Å². The zero-order valence-electron chi connectivity index (χ0n) is 23.0. The Morgan fingerprint density at radius 2 is 1.75 bits per heavy atom. The van der Waals surface area contributed by atoms with Crippen LogP contribution in [0, 0.1) is 11.3 Å². The summed E-state index contributed by atoms with van der Waals surface area (Å²) in [5.41, 5.74) is 9.93. The summed E-state index contributed by atoms with van der Waals surface area (Å²) in [6.45, 7) is 10.7. The molecule has 36 heavy (non-hydrogen) atoms. The molecule has 190 valence electrons. The van der Waals surface area contributed by atoms with Crippen molar-refractivity contribution in [3.05, 3.63) is 99.7 Å². The molecule has 0 amide bonds. The first-order valence-corrected chi connectivity index (χ1v) is 13.8. The summed E-state index contributed by atoms with van der Waals surface area (Å²) in [4.78, 5) is 12.0. The molecule has 0 spiro atoms. The smallest absolute Gasteiger partial charge is 0.262 e. The van der Waals surface area contributed by atoms with Gasteiger partial charge in [-0.1, -0.05) is 99.9 Å². The maximum atomic E-state index is 12.0. The van der Waals surface area contributed by atoms with Crippen LogP contribution in [0.15, 0.2) is 71.8 Å². The Morgan fingerprint density at radius 1 is 0.972 bits per heavy atom. The van der Waals surface area contributed by atoms with Gasteiger partial charge in [0.15, 0.2) is 0 Å². The number of carbonyl (C=O) groups is 1. The third-order valence-electron chi connectivity index (χ3n) is 6.81. The Morgan fingerprint density at radius 3 is 2.42 bits per heavy atom. The third kappa shape index (κ3) is 8.20. The zero-order valence-corrected chi connectivity index (χ0v) is 23.0. The highest BCUT2D eigenvalue weighted by Crippen LogP contribution is 2.27. The van der Waals surface area contributed by atoms with E-state index in [2.05, 4.69) is 57.2 Å². The van der Waals surface area contributed by atoms with Crippen LogP contribution in [0.1, 0.15) is 106 Å². The van der Waals surface area contributed by atoms with E-state index in [1.807, 2.05) is 32.0 Å². The van der Waals surface area contributed by atoms with Crippen molar-refractivity contribution in [3.8, 4) is 6.07 Å². The van der Waals surface area contributed by atoms with Gasteiger partial charge in [0.25, 0.3) is 5.78 Å². The second kappa shape index (κ2) is 15.7. The fraction of sp³-hybridized carbons (Fsp3) is 0.412. The van der Waals surface area contributed by atoms with E-state index in [1.54, 1.807) is 12.1 Å². The minimum absolute atomic E-state index is 0.449. The summed E-state index contributed by atoms with van der Waals surface area (Å²) in [6.07, 6.45) is 16.4. The summed E-state index contributed by atoms with van der Waals surface area (Å²) in [5, 5.41) is 9.08. The predicted octanol–water partition coefficient (Wildman–Crippen LogP) is 9.40. The lowest BCUT2D eigenvalue weighted by Gasteiger charge is -2.15. The number of carbonyl (C=O) groups excluding carboxylic acids is 1. The van der Waals surface area contributed by atoms with Crippen LogP contribution in [0.25, 0.3) is 5.57 Å². The average Bonchev–Trinajstić information content (AvgIpc) is 2.94. The maximum Gasteiger partial charge on any atom is 0.262 e. The lowest BCUT2D eigenvalue weighted by molar-refractivity contribution is 0.105. The van der Waals surface area contributed by atoms with Crippen LogP contribution < -0.4 is 0 Å². The van der Waals surface area contributed by atoms with Crippen molar-refractivity contribution in [1.82, 2.24) is 0 Å². The van der Waals surface area contributed by atoms with Crippen LogP contribution in [0.5, 0.6) is 0 Å². The van der Waals surface area contributed by atoms with Crippen LogP contribution in [0.2, 0.25) is 0 Å². The Labute approximate surface area is 219 Å². The molecule has 0 radical (unpaired) electrons. The minimum Gasteiger partial charge on any atom is -0.277 e. The number of Topliss-reactive ketones (excluding diaryl/α,β-unsaturated/α-hetero) is 1. The van der Waals surface area contributed by atoms with Gasteiger partial charge >= 0.3 is 0 Å². The van der Waals surface area contributed by atoms with Gasteiger partial charge in [-0.2, -0.15) is 5.26 Å². The van der Waals surface area contributed by atoms with Gasteiger partial charge in [-0.25, -0.2) is 0 Å². The fourth-order valence-electron chi connectivity index (χ4n) is 4.92. The summed E-state index contributed by atoms with van der Waals surface area (Å²) in [6, 6.07) is 16.3. The molecule has 0 aromatic heterocycles. The summed E-state index contributed by atoms with van der Waals surface area (Å²) >= 11 is 0. The van der Waals surface area contributed by atoms with Gasteiger partial charge in [0.1, 0.15) is 6.07 Å². The summed E-state index contributed by atoms with van der Waals surface area (Å²) in [5.74, 6) is -0.449. The van der Waals surface area contributed by atoms with Gasteiger partial charge in [0.2, 0.25) is 0 Å². The molecular weight excluding hydrogens is 438 g/mol. The number of nitriles is 1. The summed E-state index contributed by atoms with van der Waals surface area (Å²) < 4.78 is 0. The topological polar surface area (TPSA) is 40.9 Å². The first-order valence-electron chi connectivity index (χ1n) is 13.8. The molecule has 1 aliphatic carbocycles. The van der Waals surface area contributed by atoms with Gasteiger partial charge in [-0.15, -0.1) is 0 Å². The van der Waals surface area contributed by atoms with Crippen molar-refractivity contribution in [2.45, 2.75) is 92.4 Å². The molecule has 0 saturated heterocycles. The molecule has 2 aromatic carbocycles. The van der Waals surface area contributed by atoms with E-state index in [9.17, 15) is 4.79 Å².